The molecule has 0 atom stereocenters. The van der Waals surface area contributed by atoms with Crippen molar-refractivity contribution in [1.29, 1.82) is 0 Å². The summed E-state index contributed by atoms with van der Waals surface area (Å²) in [4.78, 5) is 16.4. The minimum Gasteiger partial charge on any atom is -0.495 e. The lowest BCUT2D eigenvalue weighted by Crippen LogP contribution is -2.33. The van der Waals surface area contributed by atoms with Crippen molar-refractivity contribution in [2.75, 3.05) is 12.4 Å². The van der Waals surface area contributed by atoms with Crippen LogP contribution in [0, 0.1) is 0 Å². The monoisotopic (exact) mass is 409 g/mol. The third-order valence-corrected chi connectivity index (χ3v) is 6.13. The zero-order valence-corrected chi connectivity index (χ0v) is 16.3. The lowest BCUT2D eigenvalue weighted by Gasteiger charge is -2.15. The number of anilines is 1. The number of pyridine rings is 1. The molecule has 1 fully saturated rings. The fraction of sp³-hybridized carbons (Fsp3) is 0.333. The first-order valence-electron chi connectivity index (χ1n) is 8.52. The van der Waals surface area contributed by atoms with Crippen molar-refractivity contribution in [3.8, 4) is 5.75 Å². The molecule has 9 heteroatoms. The molecule has 1 saturated carbocycles. The summed E-state index contributed by atoms with van der Waals surface area (Å²) in [5, 5.41) is 3.06. The summed E-state index contributed by atoms with van der Waals surface area (Å²) in [5.74, 6) is 0.0140. The number of hydrogen-bond acceptors (Lipinski definition) is 5. The Labute approximate surface area is 163 Å². The highest BCUT2D eigenvalue weighted by Gasteiger charge is 2.26. The smallest absolute Gasteiger partial charge is 0.256 e. The SMILES string of the molecule is COc1ccc(C(=O)Nc2ccc(Cl)cn2)cc1S(=O)(=O)NC1CCCC1. The van der Waals surface area contributed by atoms with Gasteiger partial charge in [-0.25, -0.2) is 18.1 Å². The van der Waals surface area contributed by atoms with Gasteiger partial charge >= 0.3 is 0 Å². The number of carbonyl (C=O) groups excluding carboxylic acids is 1. The van der Waals surface area contributed by atoms with Crippen LogP contribution in [0.5, 0.6) is 5.75 Å². The minimum atomic E-state index is -3.81. The van der Waals surface area contributed by atoms with Crippen LogP contribution in [0.1, 0.15) is 36.0 Å². The number of nitrogens with zero attached hydrogens (tertiary/aromatic N) is 1. The second-order valence-electron chi connectivity index (χ2n) is 6.28. The molecule has 1 aromatic carbocycles. The number of methoxy groups -OCH3 is 1. The number of nitrogens with one attached hydrogen (secondary N) is 2. The van der Waals surface area contributed by atoms with Crippen molar-refractivity contribution in [3.63, 3.8) is 0 Å². The Morgan fingerprint density at radius 1 is 1.22 bits per heavy atom. The average molecular weight is 410 g/mol. The second-order valence-corrected chi connectivity index (χ2v) is 8.40. The van der Waals surface area contributed by atoms with E-state index in [2.05, 4.69) is 15.0 Å². The summed E-state index contributed by atoms with van der Waals surface area (Å²) in [5.41, 5.74) is 0.180. The molecule has 1 aromatic heterocycles. The van der Waals surface area contributed by atoms with E-state index < -0.39 is 15.9 Å². The van der Waals surface area contributed by atoms with Gasteiger partial charge in [0.2, 0.25) is 10.0 Å². The maximum absolute atomic E-state index is 12.8. The van der Waals surface area contributed by atoms with Crippen molar-refractivity contribution in [3.05, 3.63) is 47.1 Å². The fourth-order valence-corrected chi connectivity index (χ4v) is 4.60. The molecule has 1 aliphatic rings. The quantitative estimate of drug-likeness (QED) is 0.763. The number of aromatic nitrogens is 1. The van der Waals surface area contributed by atoms with Crippen LogP contribution in [-0.2, 0) is 10.0 Å². The Morgan fingerprint density at radius 3 is 2.59 bits per heavy atom. The van der Waals surface area contributed by atoms with Crippen molar-refractivity contribution >= 4 is 33.3 Å². The Bertz CT molecular complexity index is 926. The van der Waals surface area contributed by atoms with E-state index in [4.69, 9.17) is 16.3 Å². The topological polar surface area (TPSA) is 97.4 Å². The summed E-state index contributed by atoms with van der Waals surface area (Å²) < 4.78 is 33.5. The molecule has 144 valence electrons. The van der Waals surface area contributed by atoms with E-state index in [9.17, 15) is 13.2 Å². The van der Waals surface area contributed by atoms with Crippen LogP contribution >= 0.6 is 11.6 Å². The predicted molar refractivity (Wildman–Crippen MR) is 103 cm³/mol. The van der Waals surface area contributed by atoms with Gasteiger partial charge in [-0.2, -0.15) is 0 Å². The predicted octanol–water partition coefficient (Wildman–Crippen LogP) is 3.22. The Kier molecular flexibility index (Phi) is 5.98. The van der Waals surface area contributed by atoms with E-state index in [1.807, 2.05) is 0 Å². The number of hydrogen-bond donors (Lipinski definition) is 2. The Morgan fingerprint density at radius 2 is 1.96 bits per heavy atom. The van der Waals surface area contributed by atoms with E-state index in [0.29, 0.717) is 10.8 Å². The molecule has 2 aromatic rings. The van der Waals surface area contributed by atoms with Crippen LogP contribution in [0.3, 0.4) is 0 Å². The van der Waals surface area contributed by atoms with Crippen molar-refractivity contribution in [2.24, 2.45) is 0 Å². The molecule has 2 N–H and O–H groups in total. The Balaban J connectivity index is 1.85. The van der Waals surface area contributed by atoms with Gasteiger partial charge in [0.15, 0.2) is 0 Å². The number of rotatable bonds is 6. The molecule has 0 aliphatic heterocycles. The summed E-state index contributed by atoms with van der Waals surface area (Å²) >= 11 is 5.78. The zero-order valence-electron chi connectivity index (χ0n) is 14.7. The van der Waals surface area contributed by atoms with Crippen molar-refractivity contribution in [1.82, 2.24) is 9.71 Å². The van der Waals surface area contributed by atoms with Crippen LogP contribution in [0.4, 0.5) is 5.82 Å². The van der Waals surface area contributed by atoms with Crippen LogP contribution in [0.15, 0.2) is 41.4 Å². The summed E-state index contributed by atoms with van der Waals surface area (Å²) in [6.45, 7) is 0. The van der Waals surface area contributed by atoms with E-state index in [1.165, 1.54) is 31.5 Å². The van der Waals surface area contributed by atoms with Crippen molar-refractivity contribution < 1.29 is 17.9 Å². The third-order valence-electron chi connectivity index (χ3n) is 4.36. The minimum absolute atomic E-state index is 0.0615. The number of halogens is 1. The van der Waals surface area contributed by atoms with Crippen molar-refractivity contribution in [2.45, 2.75) is 36.6 Å². The molecule has 3 rings (SSSR count). The Hall–Kier alpha value is -2.16. The zero-order chi connectivity index (χ0) is 19.4. The van der Waals surface area contributed by atoms with Gasteiger partial charge < -0.3 is 10.1 Å². The lowest BCUT2D eigenvalue weighted by atomic mass is 10.2. The normalized spacial score (nSPS) is 14.9. The molecule has 0 unspecified atom stereocenters. The molecule has 27 heavy (non-hydrogen) atoms. The van der Waals surface area contributed by atoms with Gasteiger partial charge in [0.05, 0.1) is 12.1 Å². The molecular formula is C18H20ClN3O4S. The molecule has 1 aliphatic carbocycles. The first-order chi connectivity index (χ1) is 12.9. The van der Waals surface area contributed by atoms with Gasteiger partial charge in [-0.15, -0.1) is 0 Å². The van der Waals surface area contributed by atoms with Crippen LogP contribution in [-0.4, -0.2) is 32.5 Å². The van der Waals surface area contributed by atoms with Gasteiger partial charge in [-0.1, -0.05) is 24.4 Å². The van der Waals surface area contributed by atoms with Gasteiger partial charge in [-0.05, 0) is 43.2 Å². The largest absolute Gasteiger partial charge is 0.495 e. The van der Waals surface area contributed by atoms with Gasteiger partial charge in [-0.3, -0.25) is 4.79 Å². The molecule has 1 heterocycles. The number of amides is 1. The number of sulfonamides is 1. The molecule has 0 spiro atoms. The lowest BCUT2D eigenvalue weighted by molar-refractivity contribution is 0.102. The number of benzene rings is 1. The molecule has 0 radical (unpaired) electrons. The van der Waals surface area contributed by atoms with Crippen LogP contribution < -0.4 is 14.8 Å². The number of ether oxygens (including phenoxy) is 1. The van der Waals surface area contributed by atoms with E-state index in [1.54, 1.807) is 12.1 Å². The standard InChI is InChI=1S/C18H20ClN3O4S/c1-26-15-8-6-12(18(23)21-17-9-7-13(19)11-20-17)10-16(15)27(24,25)22-14-4-2-3-5-14/h6-11,14,22H,2-5H2,1H3,(H,20,21,23). The summed E-state index contributed by atoms with van der Waals surface area (Å²) in [7, 11) is -2.42. The highest BCUT2D eigenvalue weighted by molar-refractivity contribution is 7.89. The first-order valence-corrected chi connectivity index (χ1v) is 10.4. The fourth-order valence-electron chi connectivity index (χ4n) is 2.99. The van der Waals surface area contributed by atoms with Crippen LogP contribution in [0.2, 0.25) is 5.02 Å². The van der Waals surface area contributed by atoms with E-state index in [0.717, 1.165) is 25.7 Å². The highest BCUT2D eigenvalue weighted by Crippen LogP contribution is 2.27. The average Bonchev–Trinajstić information content (AvgIpc) is 3.15. The maximum atomic E-state index is 12.8. The second kappa shape index (κ2) is 8.24. The summed E-state index contributed by atoms with van der Waals surface area (Å²) in [6, 6.07) is 7.34. The van der Waals surface area contributed by atoms with Gasteiger partial charge in [0.25, 0.3) is 5.91 Å². The molecule has 0 bridgehead atoms. The first kappa shape index (κ1) is 19.6. The molecule has 1 amide bonds. The summed E-state index contributed by atoms with van der Waals surface area (Å²) in [6.07, 6.45) is 5.03. The molecule has 7 nitrogen and oxygen atoms in total. The van der Waals surface area contributed by atoms with E-state index >= 15 is 0 Å². The maximum Gasteiger partial charge on any atom is 0.256 e. The van der Waals surface area contributed by atoms with Gasteiger partial charge in [0, 0.05) is 17.8 Å². The van der Waals surface area contributed by atoms with Crippen LogP contribution in [0.25, 0.3) is 0 Å². The highest BCUT2D eigenvalue weighted by atomic mass is 35.5. The van der Waals surface area contributed by atoms with E-state index in [-0.39, 0.29) is 22.3 Å². The number of carbonyl (C=O) groups is 1. The third kappa shape index (κ3) is 4.77. The molecule has 0 saturated heterocycles. The van der Waals surface area contributed by atoms with Gasteiger partial charge in [0.1, 0.15) is 16.5 Å². The molecular weight excluding hydrogens is 390 g/mol.